The van der Waals surface area contributed by atoms with Crippen molar-refractivity contribution in [3.05, 3.63) is 71.0 Å². The third kappa shape index (κ3) is 3.84. The molecule has 4 heteroatoms. The van der Waals surface area contributed by atoms with Crippen molar-refractivity contribution < 1.29 is 9.50 Å². The first-order chi connectivity index (χ1) is 13.7. The van der Waals surface area contributed by atoms with E-state index < -0.39 is 0 Å². The second-order valence-corrected chi connectivity index (χ2v) is 7.90. The normalized spacial score (nSPS) is 25.6. The Morgan fingerprint density at radius 2 is 1.79 bits per heavy atom. The van der Waals surface area contributed by atoms with Crippen LogP contribution >= 0.6 is 0 Å². The van der Waals surface area contributed by atoms with Gasteiger partial charge in [0.25, 0.3) is 0 Å². The summed E-state index contributed by atoms with van der Waals surface area (Å²) in [6.45, 7) is 3.45. The highest BCUT2D eigenvalue weighted by molar-refractivity contribution is 5.44. The van der Waals surface area contributed by atoms with Gasteiger partial charge in [0.1, 0.15) is 5.82 Å². The molecule has 3 nitrogen and oxygen atoms in total. The minimum atomic E-state index is -0.291. The number of benzene rings is 2. The predicted molar refractivity (Wildman–Crippen MR) is 110 cm³/mol. The summed E-state index contributed by atoms with van der Waals surface area (Å²) in [4.78, 5) is 4.89. The van der Waals surface area contributed by atoms with Crippen molar-refractivity contribution in [1.29, 1.82) is 0 Å². The topological polar surface area (TPSA) is 26.7 Å². The van der Waals surface area contributed by atoms with Gasteiger partial charge in [-0.05, 0) is 62.8 Å². The minimum Gasteiger partial charge on any atom is -0.395 e. The first-order valence-corrected chi connectivity index (χ1v) is 10.1. The molecule has 2 aliphatic rings. The summed E-state index contributed by atoms with van der Waals surface area (Å²) in [7, 11) is 2.19. The fraction of sp³-hybridized carbons (Fsp3) is 0.417. The Bertz CT molecular complexity index is 870. The average molecular weight is 378 g/mol. The number of aliphatic hydroxyl groups excluding tert-OH is 1. The van der Waals surface area contributed by atoms with Gasteiger partial charge >= 0.3 is 0 Å². The maximum atomic E-state index is 13.7. The van der Waals surface area contributed by atoms with Crippen LogP contribution < -0.4 is 0 Å². The van der Waals surface area contributed by atoms with E-state index in [1.807, 2.05) is 12.1 Å². The molecule has 0 unspecified atom stereocenters. The van der Waals surface area contributed by atoms with Gasteiger partial charge in [-0.25, -0.2) is 4.39 Å². The van der Waals surface area contributed by atoms with Gasteiger partial charge in [-0.1, -0.05) is 36.1 Å². The largest absolute Gasteiger partial charge is 0.395 e. The van der Waals surface area contributed by atoms with E-state index in [0.717, 1.165) is 25.2 Å². The van der Waals surface area contributed by atoms with Gasteiger partial charge in [-0.3, -0.25) is 4.90 Å². The SMILES string of the molecule is CN1CCCCN2[C@H](CO)[C@H](c3ccc(C#Cc4ccccc4F)cc3)[C@@H]2C1. The van der Waals surface area contributed by atoms with E-state index in [1.54, 1.807) is 18.2 Å². The van der Waals surface area contributed by atoms with Crippen LogP contribution in [-0.4, -0.2) is 60.3 Å². The van der Waals surface area contributed by atoms with Crippen LogP contribution in [0, 0.1) is 17.7 Å². The summed E-state index contributed by atoms with van der Waals surface area (Å²) >= 11 is 0. The molecular formula is C24H27FN2O. The van der Waals surface area contributed by atoms with Crippen LogP contribution in [0.5, 0.6) is 0 Å². The highest BCUT2D eigenvalue weighted by atomic mass is 19.1. The van der Waals surface area contributed by atoms with Gasteiger partial charge in [0.2, 0.25) is 0 Å². The summed E-state index contributed by atoms with van der Waals surface area (Å²) in [5, 5.41) is 9.96. The molecule has 3 atom stereocenters. The smallest absolute Gasteiger partial charge is 0.138 e. The number of aliphatic hydroxyl groups is 1. The van der Waals surface area contributed by atoms with Crippen LogP contribution in [0.3, 0.4) is 0 Å². The summed E-state index contributed by atoms with van der Waals surface area (Å²) < 4.78 is 13.7. The lowest BCUT2D eigenvalue weighted by molar-refractivity contribution is -0.0614. The lowest BCUT2D eigenvalue weighted by Crippen LogP contribution is -2.67. The lowest BCUT2D eigenvalue weighted by atomic mass is 9.74. The Balaban J connectivity index is 1.52. The molecule has 2 saturated heterocycles. The summed E-state index contributed by atoms with van der Waals surface area (Å²) in [5.74, 6) is 6.02. The molecule has 1 N–H and O–H groups in total. The van der Waals surface area contributed by atoms with Crippen molar-refractivity contribution in [1.82, 2.24) is 9.80 Å². The highest BCUT2D eigenvalue weighted by Crippen LogP contribution is 2.41. The fourth-order valence-corrected chi connectivity index (χ4v) is 4.60. The Hall–Kier alpha value is -2.19. The molecule has 28 heavy (non-hydrogen) atoms. The summed E-state index contributed by atoms with van der Waals surface area (Å²) in [6.07, 6.45) is 2.41. The maximum Gasteiger partial charge on any atom is 0.138 e. The van der Waals surface area contributed by atoms with Crippen LogP contribution in [0.1, 0.15) is 35.4 Å². The van der Waals surface area contributed by atoms with Gasteiger partial charge in [-0.2, -0.15) is 0 Å². The second kappa shape index (κ2) is 8.45. The zero-order valence-electron chi connectivity index (χ0n) is 16.3. The van der Waals surface area contributed by atoms with Crippen molar-refractivity contribution >= 4 is 0 Å². The molecule has 0 radical (unpaired) electrons. The lowest BCUT2D eigenvalue weighted by Gasteiger charge is -2.57. The van der Waals surface area contributed by atoms with Crippen LogP contribution in [0.25, 0.3) is 0 Å². The van der Waals surface area contributed by atoms with E-state index in [0.29, 0.717) is 17.5 Å². The second-order valence-electron chi connectivity index (χ2n) is 7.90. The zero-order chi connectivity index (χ0) is 19.5. The van der Waals surface area contributed by atoms with E-state index in [2.05, 4.69) is 40.8 Å². The number of hydrogen-bond donors (Lipinski definition) is 1. The van der Waals surface area contributed by atoms with Crippen LogP contribution in [0.2, 0.25) is 0 Å². The highest BCUT2D eigenvalue weighted by Gasteiger charge is 2.48. The molecule has 0 amide bonds. The Kier molecular flexibility index (Phi) is 5.77. The maximum absolute atomic E-state index is 13.7. The average Bonchev–Trinajstić information content (AvgIpc) is 2.69. The number of nitrogens with zero attached hydrogens (tertiary/aromatic N) is 2. The van der Waals surface area contributed by atoms with Gasteiger partial charge in [0, 0.05) is 30.1 Å². The Morgan fingerprint density at radius 3 is 2.54 bits per heavy atom. The molecule has 0 spiro atoms. The monoisotopic (exact) mass is 378 g/mol. The minimum absolute atomic E-state index is 0.194. The van der Waals surface area contributed by atoms with Gasteiger partial charge in [0.15, 0.2) is 0 Å². The van der Waals surface area contributed by atoms with E-state index >= 15 is 0 Å². The van der Waals surface area contributed by atoms with Gasteiger partial charge in [0.05, 0.1) is 12.2 Å². The van der Waals surface area contributed by atoms with Gasteiger partial charge in [-0.15, -0.1) is 0 Å². The molecule has 0 saturated carbocycles. The van der Waals surface area contributed by atoms with E-state index in [1.165, 1.54) is 24.5 Å². The van der Waals surface area contributed by atoms with Crippen molar-refractivity contribution in [2.45, 2.75) is 30.8 Å². The van der Waals surface area contributed by atoms with Crippen molar-refractivity contribution in [3.63, 3.8) is 0 Å². The van der Waals surface area contributed by atoms with Crippen LogP contribution in [-0.2, 0) is 0 Å². The van der Waals surface area contributed by atoms with Crippen LogP contribution in [0.15, 0.2) is 48.5 Å². The molecular weight excluding hydrogens is 351 g/mol. The molecule has 2 heterocycles. The fourth-order valence-electron chi connectivity index (χ4n) is 4.60. The van der Waals surface area contributed by atoms with Crippen molar-refractivity contribution in [3.8, 4) is 11.8 Å². The number of hydrogen-bond acceptors (Lipinski definition) is 3. The van der Waals surface area contributed by atoms with E-state index in [9.17, 15) is 9.50 Å². The first kappa shape index (κ1) is 19.1. The number of rotatable bonds is 2. The van der Waals surface area contributed by atoms with Crippen LogP contribution in [0.4, 0.5) is 4.39 Å². The van der Waals surface area contributed by atoms with Crippen molar-refractivity contribution in [2.24, 2.45) is 0 Å². The zero-order valence-corrected chi connectivity index (χ0v) is 16.3. The third-order valence-corrected chi connectivity index (χ3v) is 6.08. The first-order valence-electron chi connectivity index (χ1n) is 10.1. The predicted octanol–water partition coefficient (Wildman–Crippen LogP) is 3.08. The molecule has 2 aromatic rings. The third-order valence-electron chi connectivity index (χ3n) is 6.08. The quantitative estimate of drug-likeness (QED) is 0.814. The molecule has 2 aliphatic heterocycles. The molecule has 4 rings (SSSR count). The number of likely N-dealkylation sites (N-methyl/N-ethyl adjacent to an activating group) is 1. The Labute approximate surface area is 166 Å². The molecule has 2 aromatic carbocycles. The summed E-state index contributed by atoms with van der Waals surface area (Å²) in [6, 6.07) is 15.5. The molecule has 0 bridgehead atoms. The molecule has 146 valence electrons. The molecule has 2 fully saturated rings. The van der Waals surface area contributed by atoms with E-state index in [4.69, 9.17) is 0 Å². The standard InChI is InChI=1S/C24H27FN2O/c1-26-14-4-5-15-27-22(16-26)24(23(27)17-28)20-12-9-18(10-13-20)8-11-19-6-2-3-7-21(19)25/h2-3,6-7,9-10,12-13,22-24,28H,4-5,14-17H2,1H3/t22-,23+,24+/m0/s1. The summed E-state index contributed by atoms with van der Waals surface area (Å²) in [5.41, 5.74) is 2.54. The number of fused-ring (bicyclic) bond motifs is 1. The Morgan fingerprint density at radius 1 is 1.04 bits per heavy atom. The van der Waals surface area contributed by atoms with Gasteiger partial charge < -0.3 is 10.0 Å². The van der Waals surface area contributed by atoms with E-state index in [-0.39, 0.29) is 18.5 Å². The number of halogens is 1. The molecule has 0 aromatic heterocycles. The van der Waals surface area contributed by atoms with Crippen molar-refractivity contribution in [2.75, 3.05) is 33.3 Å². The molecule has 0 aliphatic carbocycles.